The summed E-state index contributed by atoms with van der Waals surface area (Å²) in [5.41, 5.74) is 0.880. The lowest BCUT2D eigenvalue weighted by atomic mass is 10.2. The van der Waals surface area contributed by atoms with Crippen molar-refractivity contribution < 1.29 is 17.9 Å². The molecule has 1 N–H and O–H groups in total. The van der Waals surface area contributed by atoms with Crippen molar-refractivity contribution in [2.45, 2.75) is 17.1 Å². The highest BCUT2D eigenvalue weighted by Gasteiger charge is 2.30. The second-order valence-corrected chi connectivity index (χ2v) is 9.01. The van der Waals surface area contributed by atoms with E-state index in [0.717, 1.165) is 0 Å². The Kier molecular flexibility index (Phi) is 7.07. The third kappa shape index (κ3) is 5.17. The first-order chi connectivity index (χ1) is 14.4. The van der Waals surface area contributed by atoms with Crippen LogP contribution in [0, 0.1) is 0 Å². The van der Waals surface area contributed by atoms with Gasteiger partial charge < -0.3 is 10.1 Å². The quantitative estimate of drug-likeness (QED) is 0.565. The standard InChI is InChI=1S/C22H21ClN2O4S/c1-2-29-19-9-11-20(12-10-19)30(27,28)21(17-4-3-13-24-14-17)15-25-22(26)16-5-7-18(23)8-6-16/h3-14,21H,2,15H2,1H3,(H,25,26). The Labute approximate surface area is 180 Å². The molecular weight excluding hydrogens is 424 g/mol. The number of sulfone groups is 1. The Balaban J connectivity index is 1.87. The third-order valence-corrected chi connectivity index (χ3v) is 6.82. The van der Waals surface area contributed by atoms with Crippen molar-refractivity contribution in [1.82, 2.24) is 10.3 Å². The van der Waals surface area contributed by atoms with Crippen molar-refractivity contribution in [2.24, 2.45) is 0 Å². The zero-order chi connectivity index (χ0) is 21.6. The molecule has 0 aliphatic heterocycles. The minimum absolute atomic E-state index is 0.108. The van der Waals surface area contributed by atoms with Gasteiger partial charge in [-0.3, -0.25) is 9.78 Å². The summed E-state index contributed by atoms with van der Waals surface area (Å²) < 4.78 is 32.1. The fourth-order valence-electron chi connectivity index (χ4n) is 2.92. The number of halogens is 1. The lowest BCUT2D eigenvalue weighted by Gasteiger charge is -2.19. The fraction of sp³-hybridized carbons (Fsp3) is 0.182. The largest absolute Gasteiger partial charge is 0.494 e. The number of pyridine rings is 1. The molecule has 0 aliphatic carbocycles. The van der Waals surface area contributed by atoms with Crippen LogP contribution in [0.3, 0.4) is 0 Å². The Hall–Kier alpha value is -2.90. The lowest BCUT2D eigenvalue weighted by molar-refractivity contribution is 0.0953. The van der Waals surface area contributed by atoms with Crippen LogP contribution in [0.15, 0.2) is 78.0 Å². The molecule has 0 aliphatic rings. The van der Waals surface area contributed by atoms with Gasteiger partial charge in [-0.25, -0.2) is 8.42 Å². The molecule has 1 unspecified atom stereocenters. The van der Waals surface area contributed by atoms with Crippen molar-refractivity contribution in [2.75, 3.05) is 13.2 Å². The number of amides is 1. The first kappa shape index (κ1) is 21.8. The van der Waals surface area contributed by atoms with Gasteiger partial charge in [-0.2, -0.15) is 0 Å². The highest BCUT2D eigenvalue weighted by Crippen LogP contribution is 2.29. The molecule has 1 atom stereocenters. The number of nitrogens with zero attached hydrogens (tertiary/aromatic N) is 1. The molecule has 1 amide bonds. The normalized spacial score (nSPS) is 12.2. The number of ether oxygens (including phenoxy) is 1. The molecule has 1 heterocycles. The minimum atomic E-state index is -3.80. The average Bonchev–Trinajstić information content (AvgIpc) is 2.75. The molecule has 0 radical (unpaired) electrons. The second-order valence-electron chi connectivity index (χ2n) is 6.44. The van der Waals surface area contributed by atoms with Crippen LogP contribution in [0.2, 0.25) is 5.02 Å². The predicted molar refractivity (Wildman–Crippen MR) is 116 cm³/mol. The van der Waals surface area contributed by atoms with Gasteiger partial charge in [-0.1, -0.05) is 17.7 Å². The van der Waals surface area contributed by atoms with E-state index in [2.05, 4.69) is 10.3 Å². The maximum absolute atomic E-state index is 13.4. The van der Waals surface area contributed by atoms with E-state index < -0.39 is 15.1 Å². The molecule has 0 saturated carbocycles. The molecule has 30 heavy (non-hydrogen) atoms. The summed E-state index contributed by atoms with van der Waals surface area (Å²) in [6, 6.07) is 15.9. The number of carbonyl (C=O) groups excluding carboxylic acids is 1. The Bertz CT molecular complexity index is 1090. The summed E-state index contributed by atoms with van der Waals surface area (Å²) in [5.74, 6) is 0.202. The second kappa shape index (κ2) is 9.73. The molecule has 0 spiro atoms. The summed E-state index contributed by atoms with van der Waals surface area (Å²) in [6.07, 6.45) is 3.06. The van der Waals surface area contributed by atoms with Gasteiger partial charge in [-0.15, -0.1) is 0 Å². The molecule has 156 valence electrons. The summed E-state index contributed by atoms with van der Waals surface area (Å²) in [5, 5.41) is 2.22. The highest BCUT2D eigenvalue weighted by atomic mass is 35.5. The lowest BCUT2D eigenvalue weighted by Crippen LogP contribution is -2.32. The van der Waals surface area contributed by atoms with Gasteiger partial charge >= 0.3 is 0 Å². The van der Waals surface area contributed by atoms with Gasteiger partial charge in [0.15, 0.2) is 9.84 Å². The number of rotatable bonds is 8. The van der Waals surface area contributed by atoms with Crippen molar-refractivity contribution in [1.29, 1.82) is 0 Å². The number of carbonyl (C=O) groups is 1. The van der Waals surface area contributed by atoms with Crippen molar-refractivity contribution >= 4 is 27.3 Å². The molecule has 3 rings (SSSR count). The van der Waals surface area contributed by atoms with Crippen LogP contribution >= 0.6 is 11.6 Å². The van der Waals surface area contributed by atoms with Crippen molar-refractivity contribution in [3.63, 3.8) is 0 Å². The summed E-state index contributed by atoms with van der Waals surface area (Å²) in [6.45, 7) is 2.23. The zero-order valence-corrected chi connectivity index (χ0v) is 17.9. The zero-order valence-electron chi connectivity index (χ0n) is 16.3. The minimum Gasteiger partial charge on any atom is -0.494 e. The summed E-state index contributed by atoms with van der Waals surface area (Å²) >= 11 is 5.86. The predicted octanol–water partition coefficient (Wildman–Crippen LogP) is 4.08. The van der Waals surface area contributed by atoms with E-state index in [4.69, 9.17) is 16.3 Å². The number of hydrogen-bond acceptors (Lipinski definition) is 5. The van der Waals surface area contributed by atoms with Crippen LogP contribution in [-0.2, 0) is 9.84 Å². The van der Waals surface area contributed by atoms with Crippen LogP contribution < -0.4 is 10.1 Å². The van der Waals surface area contributed by atoms with Gasteiger partial charge in [0.2, 0.25) is 0 Å². The smallest absolute Gasteiger partial charge is 0.251 e. The van der Waals surface area contributed by atoms with E-state index in [9.17, 15) is 13.2 Å². The molecule has 6 nitrogen and oxygen atoms in total. The summed E-state index contributed by atoms with van der Waals surface area (Å²) in [4.78, 5) is 16.7. The van der Waals surface area contributed by atoms with Crippen LogP contribution in [0.4, 0.5) is 0 Å². The maximum Gasteiger partial charge on any atom is 0.251 e. The Morgan fingerprint density at radius 1 is 1.10 bits per heavy atom. The van der Waals surface area contributed by atoms with Gasteiger partial charge in [0.1, 0.15) is 11.0 Å². The Morgan fingerprint density at radius 3 is 2.40 bits per heavy atom. The SMILES string of the molecule is CCOc1ccc(S(=O)(=O)C(CNC(=O)c2ccc(Cl)cc2)c2cccnc2)cc1. The van der Waals surface area contributed by atoms with Crippen LogP contribution in [0.5, 0.6) is 5.75 Å². The van der Waals surface area contributed by atoms with Crippen LogP contribution in [0.1, 0.15) is 28.1 Å². The molecule has 0 saturated heterocycles. The average molecular weight is 445 g/mol. The topological polar surface area (TPSA) is 85.4 Å². The van der Waals surface area contributed by atoms with E-state index in [1.165, 1.54) is 18.3 Å². The van der Waals surface area contributed by atoms with Crippen molar-refractivity contribution in [3.05, 3.63) is 89.2 Å². The number of nitrogens with one attached hydrogen (secondary N) is 1. The van der Waals surface area contributed by atoms with E-state index >= 15 is 0 Å². The molecule has 3 aromatic rings. The van der Waals surface area contributed by atoms with Crippen LogP contribution in [0.25, 0.3) is 0 Å². The molecule has 1 aromatic heterocycles. The number of hydrogen-bond donors (Lipinski definition) is 1. The number of benzene rings is 2. The van der Waals surface area contributed by atoms with E-state index in [0.29, 0.717) is 28.5 Å². The summed E-state index contributed by atoms with van der Waals surface area (Å²) in [7, 11) is -3.80. The van der Waals surface area contributed by atoms with E-state index in [-0.39, 0.29) is 17.3 Å². The molecular formula is C22H21ClN2O4S. The molecule has 0 fully saturated rings. The van der Waals surface area contributed by atoms with Gasteiger partial charge in [-0.05, 0) is 67.1 Å². The van der Waals surface area contributed by atoms with Gasteiger partial charge in [0.05, 0.1) is 11.5 Å². The number of aromatic nitrogens is 1. The van der Waals surface area contributed by atoms with E-state index in [1.54, 1.807) is 54.7 Å². The molecule has 0 bridgehead atoms. The molecule has 8 heteroatoms. The highest BCUT2D eigenvalue weighted by molar-refractivity contribution is 7.91. The van der Waals surface area contributed by atoms with Gasteiger partial charge in [0.25, 0.3) is 5.91 Å². The third-order valence-electron chi connectivity index (χ3n) is 4.45. The fourth-order valence-corrected chi connectivity index (χ4v) is 4.69. The van der Waals surface area contributed by atoms with Crippen LogP contribution in [-0.4, -0.2) is 32.5 Å². The van der Waals surface area contributed by atoms with Gasteiger partial charge in [0, 0.05) is 29.5 Å². The monoisotopic (exact) mass is 444 g/mol. The first-order valence-corrected chi connectivity index (χ1v) is 11.2. The van der Waals surface area contributed by atoms with E-state index in [1.807, 2.05) is 6.92 Å². The molecule has 2 aromatic carbocycles. The Morgan fingerprint density at radius 2 is 1.80 bits per heavy atom. The first-order valence-electron chi connectivity index (χ1n) is 9.32. The maximum atomic E-state index is 13.4. The van der Waals surface area contributed by atoms with Crippen molar-refractivity contribution in [3.8, 4) is 5.75 Å².